The Hall–Kier alpha value is -1.79. The van der Waals surface area contributed by atoms with E-state index in [4.69, 9.17) is 5.73 Å². The first kappa shape index (κ1) is 20.0. The largest absolute Gasteiger partial charge is 0.368 e. The van der Waals surface area contributed by atoms with Crippen molar-refractivity contribution in [3.05, 3.63) is 36.0 Å². The van der Waals surface area contributed by atoms with Gasteiger partial charge in [-0.2, -0.15) is 4.98 Å². The summed E-state index contributed by atoms with van der Waals surface area (Å²) in [5, 5.41) is 0. The molecule has 6 heteroatoms. The smallest absolute Gasteiger partial charge is 0.221 e. The minimum absolute atomic E-state index is 0.326. The average molecular weight is 386 g/mol. The van der Waals surface area contributed by atoms with Crippen LogP contribution in [0.1, 0.15) is 57.4 Å². The molecule has 0 amide bonds. The molecule has 27 heavy (non-hydrogen) atoms. The van der Waals surface area contributed by atoms with E-state index in [1.807, 2.05) is 18.0 Å². The monoisotopic (exact) mass is 385 g/mol. The first-order chi connectivity index (χ1) is 13.1. The topological polar surface area (TPSA) is 58.3 Å². The van der Waals surface area contributed by atoms with Crippen molar-refractivity contribution in [2.45, 2.75) is 56.8 Å². The Bertz CT molecular complexity index is 747. The highest BCUT2D eigenvalue weighted by molar-refractivity contribution is 7.97. The molecule has 1 aromatic carbocycles. The van der Waals surface area contributed by atoms with Crippen molar-refractivity contribution < 1.29 is 0 Å². The molecule has 0 bridgehead atoms. The van der Waals surface area contributed by atoms with E-state index in [0.717, 1.165) is 31.7 Å². The van der Waals surface area contributed by atoms with Gasteiger partial charge in [0.2, 0.25) is 5.95 Å². The molecule has 2 aromatic rings. The van der Waals surface area contributed by atoms with Crippen LogP contribution in [-0.2, 0) is 0 Å². The van der Waals surface area contributed by atoms with Crippen LogP contribution in [0.2, 0.25) is 0 Å². The van der Waals surface area contributed by atoms with Crippen molar-refractivity contribution in [1.82, 2.24) is 14.3 Å². The Balaban J connectivity index is 1.96. The predicted octanol–water partition coefficient (Wildman–Crippen LogP) is 5.22. The molecule has 2 N–H and O–H groups in total. The summed E-state index contributed by atoms with van der Waals surface area (Å²) in [5.41, 5.74) is 8.57. The van der Waals surface area contributed by atoms with E-state index in [9.17, 15) is 0 Å². The summed E-state index contributed by atoms with van der Waals surface area (Å²) in [6, 6.07) is 8.85. The zero-order valence-corrected chi connectivity index (χ0v) is 17.5. The number of anilines is 3. The molecule has 5 nitrogen and oxygen atoms in total. The lowest BCUT2D eigenvalue weighted by molar-refractivity contribution is 0.419. The molecule has 0 aliphatic heterocycles. The summed E-state index contributed by atoms with van der Waals surface area (Å²) in [6.45, 7) is 6.42. The van der Waals surface area contributed by atoms with Crippen molar-refractivity contribution >= 4 is 29.4 Å². The van der Waals surface area contributed by atoms with Gasteiger partial charge in [-0.3, -0.25) is 0 Å². The minimum atomic E-state index is 0.326. The van der Waals surface area contributed by atoms with Gasteiger partial charge in [-0.15, -0.1) is 0 Å². The van der Waals surface area contributed by atoms with Crippen molar-refractivity contribution in [3.63, 3.8) is 0 Å². The van der Waals surface area contributed by atoms with Crippen molar-refractivity contribution in [2.75, 3.05) is 30.8 Å². The van der Waals surface area contributed by atoms with Crippen molar-refractivity contribution in [1.29, 1.82) is 0 Å². The van der Waals surface area contributed by atoms with Gasteiger partial charge >= 0.3 is 0 Å². The average Bonchev–Trinajstić information content (AvgIpc) is 2.59. The Morgan fingerprint density at radius 2 is 1.93 bits per heavy atom. The van der Waals surface area contributed by atoms with Gasteiger partial charge in [0.1, 0.15) is 5.82 Å². The number of benzene rings is 1. The summed E-state index contributed by atoms with van der Waals surface area (Å²) >= 11 is 1.84. The van der Waals surface area contributed by atoms with Gasteiger partial charge in [0.05, 0.1) is 0 Å². The molecule has 1 saturated carbocycles. The third kappa shape index (κ3) is 4.93. The quantitative estimate of drug-likeness (QED) is 0.597. The van der Waals surface area contributed by atoms with Crippen LogP contribution in [0.4, 0.5) is 17.5 Å². The summed E-state index contributed by atoms with van der Waals surface area (Å²) in [7, 11) is 2.16. The highest BCUT2D eigenvalue weighted by Crippen LogP contribution is 2.44. The highest BCUT2D eigenvalue weighted by atomic mass is 32.2. The lowest BCUT2D eigenvalue weighted by Gasteiger charge is -2.33. The van der Waals surface area contributed by atoms with Gasteiger partial charge in [0.25, 0.3) is 0 Å². The second kappa shape index (κ2) is 9.42. The zero-order valence-electron chi connectivity index (χ0n) is 16.7. The highest BCUT2D eigenvalue weighted by Gasteiger charge is 2.25. The molecule has 0 saturated heterocycles. The standard InChI is InChI=1S/C21H31N5S/c1-4-13-25(3)27-17-9-10-19(18(15-17)16-7-6-8-16)26(14-5-2)20-11-12-23-21(22)24-20/h9-12,15-16H,4-8,13-14H2,1-3H3,(H2,22,23,24). The molecular formula is C21H31N5S. The van der Waals surface area contributed by atoms with Crippen LogP contribution in [0.25, 0.3) is 0 Å². The molecule has 146 valence electrons. The first-order valence-electron chi connectivity index (χ1n) is 10.0. The minimum Gasteiger partial charge on any atom is -0.368 e. The Labute approximate surface area is 167 Å². The summed E-state index contributed by atoms with van der Waals surface area (Å²) in [5.74, 6) is 1.86. The lowest BCUT2D eigenvalue weighted by Crippen LogP contribution is -2.23. The summed E-state index contributed by atoms with van der Waals surface area (Å²) in [4.78, 5) is 12.2. The van der Waals surface area contributed by atoms with Crippen molar-refractivity contribution in [3.8, 4) is 0 Å². The Kier molecular flexibility index (Phi) is 6.96. The van der Waals surface area contributed by atoms with E-state index >= 15 is 0 Å². The molecule has 0 radical (unpaired) electrons. The molecule has 1 aliphatic carbocycles. The maximum Gasteiger partial charge on any atom is 0.221 e. The molecule has 0 spiro atoms. The predicted molar refractivity (Wildman–Crippen MR) is 116 cm³/mol. The molecule has 1 aromatic heterocycles. The molecule has 0 unspecified atom stereocenters. The van der Waals surface area contributed by atoms with E-state index in [0.29, 0.717) is 11.9 Å². The molecule has 1 aliphatic rings. The molecule has 1 heterocycles. The van der Waals surface area contributed by atoms with Crippen LogP contribution >= 0.6 is 11.9 Å². The first-order valence-corrected chi connectivity index (χ1v) is 10.8. The number of rotatable bonds is 9. The summed E-state index contributed by atoms with van der Waals surface area (Å²) < 4.78 is 2.31. The number of nitrogens with two attached hydrogens (primary N) is 1. The lowest BCUT2D eigenvalue weighted by atomic mass is 9.79. The Morgan fingerprint density at radius 3 is 2.56 bits per heavy atom. The van der Waals surface area contributed by atoms with Gasteiger partial charge in [0.15, 0.2) is 0 Å². The second-order valence-electron chi connectivity index (χ2n) is 7.22. The van der Waals surface area contributed by atoms with Gasteiger partial charge in [-0.25, -0.2) is 9.29 Å². The molecule has 0 atom stereocenters. The third-order valence-corrected chi connectivity index (χ3v) is 5.98. The van der Waals surface area contributed by atoms with Crippen LogP contribution < -0.4 is 10.6 Å². The fourth-order valence-corrected chi connectivity index (χ4v) is 4.46. The number of hydrogen-bond donors (Lipinski definition) is 1. The molecule has 3 rings (SSSR count). The van der Waals surface area contributed by atoms with E-state index in [2.05, 4.69) is 58.3 Å². The van der Waals surface area contributed by atoms with Crippen LogP contribution in [0.5, 0.6) is 0 Å². The van der Waals surface area contributed by atoms with Crippen molar-refractivity contribution in [2.24, 2.45) is 0 Å². The maximum atomic E-state index is 5.86. The van der Waals surface area contributed by atoms with Crippen LogP contribution in [0.3, 0.4) is 0 Å². The van der Waals surface area contributed by atoms with E-state index in [1.54, 1.807) is 6.20 Å². The fourth-order valence-electron chi connectivity index (χ4n) is 3.52. The second-order valence-corrected chi connectivity index (χ2v) is 8.49. The van der Waals surface area contributed by atoms with Crippen LogP contribution in [-0.4, -0.2) is 34.4 Å². The third-order valence-electron chi connectivity index (χ3n) is 5.02. The molecule has 1 fully saturated rings. The zero-order chi connectivity index (χ0) is 19.2. The number of nitrogen functional groups attached to an aromatic ring is 1. The number of hydrogen-bond acceptors (Lipinski definition) is 6. The fraction of sp³-hybridized carbons (Fsp3) is 0.524. The van der Waals surface area contributed by atoms with Gasteiger partial charge < -0.3 is 10.6 Å². The van der Waals surface area contributed by atoms with E-state index in [1.165, 1.54) is 35.4 Å². The van der Waals surface area contributed by atoms with E-state index < -0.39 is 0 Å². The Morgan fingerprint density at radius 1 is 1.15 bits per heavy atom. The maximum absolute atomic E-state index is 5.86. The summed E-state index contributed by atoms with van der Waals surface area (Å²) in [6.07, 6.45) is 7.83. The van der Waals surface area contributed by atoms with Crippen LogP contribution in [0.15, 0.2) is 35.4 Å². The van der Waals surface area contributed by atoms with E-state index in [-0.39, 0.29) is 0 Å². The van der Waals surface area contributed by atoms with Gasteiger partial charge in [-0.05, 0) is 80.4 Å². The SMILES string of the molecule is CCCN(C)Sc1ccc(N(CCC)c2ccnc(N)n2)c(C2CCC2)c1. The van der Waals surface area contributed by atoms with Crippen LogP contribution in [0, 0.1) is 0 Å². The molecular weight excluding hydrogens is 354 g/mol. The normalized spacial score (nSPS) is 14.4. The van der Waals surface area contributed by atoms with Gasteiger partial charge in [0, 0.05) is 29.9 Å². The number of aromatic nitrogens is 2. The number of nitrogens with zero attached hydrogens (tertiary/aromatic N) is 4. The van der Waals surface area contributed by atoms with Gasteiger partial charge in [-0.1, -0.05) is 20.3 Å².